The Morgan fingerprint density at radius 3 is 2.96 bits per heavy atom. The van der Waals surface area contributed by atoms with Crippen LogP contribution in [-0.2, 0) is 13.1 Å². The molecule has 1 aromatic carbocycles. The van der Waals surface area contributed by atoms with E-state index in [1.54, 1.807) is 13.4 Å². The first kappa shape index (κ1) is 16.2. The molecular weight excluding hydrogens is 304 g/mol. The number of benzene rings is 1. The maximum Gasteiger partial charge on any atom is 0.165 e. The van der Waals surface area contributed by atoms with E-state index in [-0.39, 0.29) is 0 Å². The van der Waals surface area contributed by atoms with Crippen molar-refractivity contribution in [2.24, 2.45) is 0 Å². The zero-order valence-corrected chi connectivity index (χ0v) is 14.0. The van der Waals surface area contributed by atoms with Crippen LogP contribution < -0.4 is 10.5 Å². The van der Waals surface area contributed by atoms with E-state index in [2.05, 4.69) is 39.0 Å². The van der Waals surface area contributed by atoms with Gasteiger partial charge in [-0.15, -0.1) is 0 Å². The average molecular weight is 326 g/mol. The number of fused-ring (bicyclic) bond motifs is 1. The molecule has 0 unspecified atom stereocenters. The number of imidazole rings is 1. The second-order valence-electron chi connectivity index (χ2n) is 5.81. The summed E-state index contributed by atoms with van der Waals surface area (Å²) in [7, 11) is 3.81. The Kier molecular flexibility index (Phi) is 4.90. The van der Waals surface area contributed by atoms with E-state index in [0.717, 1.165) is 37.5 Å². The lowest BCUT2D eigenvalue weighted by Crippen LogP contribution is -2.20. The molecule has 3 aromatic rings. The van der Waals surface area contributed by atoms with Gasteiger partial charge in [-0.05, 0) is 37.7 Å². The predicted molar refractivity (Wildman–Crippen MR) is 93.7 cm³/mol. The first-order chi connectivity index (χ1) is 11.7. The topological polar surface area (TPSA) is 82.1 Å². The highest BCUT2D eigenvalue weighted by Gasteiger charge is 2.08. The van der Waals surface area contributed by atoms with Gasteiger partial charge in [0.1, 0.15) is 17.6 Å². The van der Waals surface area contributed by atoms with Gasteiger partial charge < -0.3 is 19.9 Å². The summed E-state index contributed by atoms with van der Waals surface area (Å²) in [6.07, 6.45) is 4.25. The maximum atomic E-state index is 5.81. The van der Waals surface area contributed by atoms with E-state index >= 15 is 0 Å². The highest BCUT2D eigenvalue weighted by atomic mass is 16.5. The Morgan fingerprint density at radius 2 is 2.12 bits per heavy atom. The largest absolute Gasteiger partial charge is 0.497 e. The summed E-state index contributed by atoms with van der Waals surface area (Å²) < 4.78 is 7.29. The molecule has 3 rings (SSSR count). The van der Waals surface area contributed by atoms with E-state index in [1.165, 1.54) is 11.9 Å². The average Bonchev–Trinajstić information content (AvgIpc) is 3.00. The van der Waals surface area contributed by atoms with E-state index in [9.17, 15) is 0 Å². The summed E-state index contributed by atoms with van der Waals surface area (Å²) in [5, 5.41) is 0. The third-order valence-corrected chi connectivity index (χ3v) is 3.96. The van der Waals surface area contributed by atoms with Crippen LogP contribution in [0.15, 0.2) is 36.9 Å². The number of rotatable bonds is 7. The molecule has 0 radical (unpaired) electrons. The summed E-state index contributed by atoms with van der Waals surface area (Å²) in [4.78, 5) is 14.8. The van der Waals surface area contributed by atoms with Gasteiger partial charge in [0, 0.05) is 13.1 Å². The second kappa shape index (κ2) is 7.27. The molecule has 24 heavy (non-hydrogen) atoms. The second-order valence-corrected chi connectivity index (χ2v) is 5.81. The molecule has 7 nitrogen and oxygen atoms in total. The van der Waals surface area contributed by atoms with Gasteiger partial charge in [0.05, 0.1) is 13.4 Å². The molecule has 0 aliphatic carbocycles. The number of anilines is 1. The van der Waals surface area contributed by atoms with Crippen molar-refractivity contribution in [3.05, 3.63) is 42.5 Å². The number of nitrogen functional groups attached to an aromatic ring is 1. The normalized spacial score (nSPS) is 11.3. The molecule has 0 amide bonds. The van der Waals surface area contributed by atoms with Gasteiger partial charge >= 0.3 is 0 Å². The van der Waals surface area contributed by atoms with Crippen LogP contribution in [0.4, 0.5) is 5.82 Å². The number of ether oxygens (including phenoxy) is 1. The number of hydrogen-bond acceptors (Lipinski definition) is 6. The van der Waals surface area contributed by atoms with Gasteiger partial charge in [0.2, 0.25) is 0 Å². The van der Waals surface area contributed by atoms with Crippen LogP contribution in [0.5, 0.6) is 5.75 Å². The van der Waals surface area contributed by atoms with Crippen molar-refractivity contribution in [2.75, 3.05) is 26.4 Å². The van der Waals surface area contributed by atoms with Crippen LogP contribution in [0.1, 0.15) is 12.0 Å². The lowest BCUT2D eigenvalue weighted by atomic mass is 10.2. The van der Waals surface area contributed by atoms with Crippen molar-refractivity contribution in [1.29, 1.82) is 0 Å². The first-order valence-corrected chi connectivity index (χ1v) is 7.90. The summed E-state index contributed by atoms with van der Waals surface area (Å²) in [5.74, 6) is 1.32. The smallest absolute Gasteiger partial charge is 0.165 e. The number of aromatic nitrogens is 4. The van der Waals surface area contributed by atoms with Crippen molar-refractivity contribution in [3.8, 4) is 5.75 Å². The zero-order chi connectivity index (χ0) is 16.9. The first-order valence-electron chi connectivity index (χ1n) is 7.90. The number of nitrogens with two attached hydrogens (primary N) is 1. The van der Waals surface area contributed by atoms with Crippen molar-refractivity contribution in [1.82, 2.24) is 24.4 Å². The minimum Gasteiger partial charge on any atom is -0.497 e. The third-order valence-electron chi connectivity index (χ3n) is 3.96. The molecular formula is C17H22N6O. The lowest BCUT2D eigenvalue weighted by Gasteiger charge is -2.17. The van der Waals surface area contributed by atoms with Crippen LogP contribution in [0.3, 0.4) is 0 Å². The fraction of sp³-hybridized carbons (Fsp3) is 0.353. The Hall–Kier alpha value is -2.67. The van der Waals surface area contributed by atoms with Gasteiger partial charge in [0.25, 0.3) is 0 Å². The molecule has 2 heterocycles. The quantitative estimate of drug-likeness (QED) is 0.714. The molecule has 0 saturated carbocycles. The van der Waals surface area contributed by atoms with Crippen molar-refractivity contribution < 1.29 is 4.74 Å². The van der Waals surface area contributed by atoms with Crippen LogP contribution in [0.2, 0.25) is 0 Å². The van der Waals surface area contributed by atoms with Gasteiger partial charge in [-0.2, -0.15) is 0 Å². The number of hydrogen-bond donors (Lipinski definition) is 1. The molecule has 2 aromatic heterocycles. The minimum absolute atomic E-state index is 0.425. The van der Waals surface area contributed by atoms with Gasteiger partial charge in [-0.3, -0.25) is 0 Å². The molecule has 2 N–H and O–H groups in total. The van der Waals surface area contributed by atoms with E-state index in [0.29, 0.717) is 11.3 Å². The molecule has 0 fully saturated rings. The molecule has 0 aliphatic rings. The van der Waals surface area contributed by atoms with Crippen molar-refractivity contribution in [2.45, 2.75) is 19.5 Å². The molecule has 7 heteroatoms. The maximum absolute atomic E-state index is 5.81. The zero-order valence-electron chi connectivity index (χ0n) is 14.0. The Labute approximate surface area is 141 Å². The summed E-state index contributed by atoms with van der Waals surface area (Å²) >= 11 is 0. The van der Waals surface area contributed by atoms with Crippen LogP contribution in [0, 0.1) is 0 Å². The molecule has 0 aliphatic heterocycles. The SMILES string of the molecule is COc1cccc(CN(C)CCCn2cnc3c(N)ncnc32)c1. The third kappa shape index (κ3) is 3.62. The highest BCUT2D eigenvalue weighted by molar-refractivity contribution is 5.80. The van der Waals surface area contributed by atoms with Crippen LogP contribution in [-0.4, -0.2) is 45.1 Å². The minimum atomic E-state index is 0.425. The van der Waals surface area contributed by atoms with Gasteiger partial charge in [0.15, 0.2) is 11.5 Å². The van der Waals surface area contributed by atoms with Crippen LogP contribution >= 0.6 is 0 Å². The van der Waals surface area contributed by atoms with Gasteiger partial charge in [-0.25, -0.2) is 15.0 Å². The molecule has 0 bridgehead atoms. The van der Waals surface area contributed by atoms with Crippen LogP contribution in [0.25, 0.3) is 11.2 Å². The molecule has 126 valence electrons. The monoisotopic (exact) mass is 326 g/mol. The molecule has 0 saturated heterocycles. The van der Waals surface area contributed by atoms with Crippen molar-refractivity contribution >= 4 is 17.0 Å². The fourth-order valence-electron chi connectivity index (χ4n) is 2.73. The Bertz CT molecular complexity index is 816. The Balaban J connectivity index is 1.54. The number of nitrogens with zero attached hydrogens (tertiary/aromatic N) is 5. The fourth-order valence-corrected chi connectivity index (χ4v) is 2.73. The predicted octanol–water partition coefficient (Wildman–Crippen LogP) is 1.94. The van der Waals surface area contributed by atoms with E-state index in [1.807, 2.05) is 16.7 Å². The lowest BCUT2D eigenvalue weighted by molar-refractivity contribution is 0.314. The standard InChI is InChI=1S/C17H22N6O/c1-22(10-13-5-3-6-14(9-13)24-2)7-4-8-23-12-21-15-16(18)19-11-20-17(15)23/h3,5-6,9,11-12H,4,7-8,10H2,1-2H3,(H2,18,19,20). The summed E-state index contributed by atoms with van der Waals surface area (Å²) in [6.45, 7) is 2.70. The summed E-state index contributed by atoms with van der Waals surface area (Å²) in [5.41, 5.74) is 8.51. The van der Waals surface area contributed by atoms with Gasteiger partial charge in [-0.1, -0.05) is 12.1 Å². The number of methoxy groups -OCH3 is 1. The summed E-state index contributed by atoms with van der Waals surface area (Å²) in [6, 6.07) is 8.16. The molecule has 0 spiro atoms. The van der Waals surface area contributed by atoms with Crippen molar-refractivity contribution in [3.63, 3.8) is 0 Å². The van der Waals surface area contributed by atoms with E-state index in [4.69, 9.17) is 10.5 Å². The Morgan fingerprint density at radius 1 is 1.25 bits per heavy atom. The number of aryl methyl sites for hydroxylation is 1. The molecule has 0 atom stereocenters. The highest BCUT2D eigenvalue weighted by Crippen LogP contribution is 2.15. The van der Waals surface area contributed by atoms with E-state index < -0.39 is 0 Å².